The monoisotopic (exact) mass is 542 g/mol. The van der Waals surface area contributed by atoms with Crippen molar-refractivity contribution in [1.29, 1.82) is 5.41 Å². The molecule has 1 aliphatic rings. The van der Waals surface area contributed by atoms with E-state index >= 15 is 0 Å². The van der Waals surface area contributed by atoms with Crippen molar-refractivity contribution in [2.45, 2.75) is 26.2 Å². The largest absolute Gasteiger partial charge is 0.436 e. The van der Waals surface area contributed by atoms with Crippen LogP contribution in [0.15, 0.2) is 40.7 Å². The Hall–Kier alpha value is -3.70. The average molecular weight is 542 g/mol. The van der Waals surface area contributed by atoms with Gasteiger partial charge in [-0.05, 0) is 37.1 Å². The number of aromatic nitrogens is 2. The van der Waals surface area contributed by atoms with E-state index in [1.165, 1.54) is 14.0 Å². The Morgan fingerprint density at radius 2 is 1.84 bits per heavy atom. The second-order valence-electron chi connectivity index (χ2n) is 7.82. The summed E-state index contributed by atoms with van der Waals surface area (Å²) in [7, 11) is 1.43. The first-order valence-corrected chi connectivity index (χ1v) is 11.2. The van der Waals surface area contributed by atoms with E-state index in [9.17, 15) is 26.3 Å². The van der Waals surface area contributed by atoms with Crippen molar-refractivity contribution in [3.63, 3.8) is 0 Å². The van der Waals surface area contributed by atoms with Gasteiger partial charge in [-0.1, -0.05) is 17.3 Å². The number of nitrogens with zero attached hydrogens (tertiary/aromatic N) is 2. The number of fused-ring (bicyclic) bond motifs is 3. The number of anilines is 1. The van der Waals surface area contributed by atoms with Gasteiger partial charge in [-0.15, -0.1) is 0 Å². The summed E-state index contributed by atoms with van der Waals surface area (Å²) in [5.74, 6) is -0.531. The molecule has 3 aromatic rings. The molecule has 0 atom stereocenters. The Bertz CT molecular complexity index is 1440. The molecule has 0 radical (unpaired) electrons. The first-order chi connectivity index (χ1) is 17.4. The topological polar surface area (TPSA) is 93.3 Å². The van der Waals surface area contributed by atoms with Crippen LogP contribution in [0.25, 0.3) is 16.8 Å². The lowest BCUT2D eigenvalue weighted by Gasteiger charge is -2.18. The Morgan fingerprint density at radius 3 is 2.43 bits per heavy atom. The number of pyridine rings is 1. The number of allylic oxidation sites excluding steroid dienone is 2. The minimum absolute atomic E-state index is 0.0383. The Kier molecular flexibility index (Phi) is 6.87. The van der Waals surface area contributed by atoms with Crippen LogP contribution in [0.3, 0.4) is 0 Å². The van der Waals surface area contributed by atoms with Crippen LogP contribution in [0.5, 0.6) is 5.75 Å². The van der Waals surface area contributed by atoms with E-state index in [-0.39, 0.29) is 30.7 Å². The molecule has 0 amide bonds. The lowest BCUT2D eigenvalue weighted by atomic mass is 9.98. The zero-order chi connectivity index (χ0) is 27.1. The normalized spacial score (nSPS) is 14.5. The Balaban J connectivity index is 1.93. The van der Waals surface area contributed by atoms with Gasteiger partial charge in [0.15, 0.2) is 19.7 Å². The fourth-order valence-corrected chi connectivity index (χ4v) is 4.37. The lowest BCUT2D eigenvalue weighted by Crippen LogP contribution is -2.23. The summed E-state index contributed by atoms with van der Waals surface area (Å²) < 4.78 is 98.3. The second-order valence-corrected chi connectivity index (χ2v) is 8.59. The number of benzene rings is 1. The molecule has 3 heterocycles. The molecule has 0 fully saturated rings. The number of nitrogens with one attached hydrogen (secondary N) is 2. The fourth-order valence-electron chi connectivity index (χ4n) is 3.66. The molecule has 2 aromatic heterocycles. The van der Waals surface area contributed by atoms with Gasteiger partial charge in [0.1, 0.15) is 23.0 Å². The number of halogens is 6. The third kappa shape index (κ3) is 4.96. The molecule has 7 nitrogen and oxygen atoms in total. The van der Waals surface area contributed by atoms with Crippen LogP contribution in [0, 0.1) is 19.3 Å². The molecule has 0 saturated carbocycles. The maximum Gasteiger partial charge on any atom is 0.432 e. The van der Waals surface area contributed by atoms with Gasteiger partial charge < -0.3 is 24.5 Å². The molecule has 0 saturated heterocycles. The molecule has 4 rings (SSSR count). The van der Waals surface area contributed by atoms with Gasteiger partial charge in [0.2, 0.25) is 0 Å². The number of rotatable bonds is 5. The summed E-state index contributed by atoms with van der Waals surface area (Å²) in [6.45, 7) is 2.93. The zero-order valence-electron chi connectivity index (χ0n) is 19.3. The van der Waals surface area contributed by atoms with Gasteiger partial charge in [-0.3, -0.25) is 0 Å². The molecular formula is C23H17F6N4O3P. The van der Waals surface area contributed by atoms with E-state index in [4.69, 9.17) is 19.2 Å². The minimum atomic E-state index is -5.09. The van der Waals surface area contributed by atoms with Gasteiger partial charge in [0.05, 0.1) is 22.3 Å². The molecule has 0 bridgehead atoms. The highest BCUT2D eigenvalue weighted by atomic mass is 31.1. The van der Waals surface area contributed by atoms with Gasteiger partial charge in [0.25, 0.3) is 0 Å². The summed E-state index contributed by atoms with van der Waals surface area (Å²) in [6.07, 6.45) is -8.99. The third-order valence-corrected chi connectivity index (χ3v) is 6.25. The maximum absolute atomic E-state index is 14.3. The van der Waals surface area contributed by atoms with Crippen molar-refractivity contribution in [3.8, 4) is 17.0 Å². The molecule has 0 aliphatic carbocycles. The molecule has 0 spiro atoms. The first kappa shape index (κ1) is 26.4. The number of ether oxygens (including phenoxy) is 1. The van der Waals surface area contributed by atoms with E-state index in [1.54, 1.807) is 25.1 Å². The molecule has 0 unspecified atom stereocenters. The van der Waals surface area contributed by atoms with Crippen molar-refractivity contribution in [2.24, 2.45) is 0 Å². The lowest BCUT2D eigenvalue weighted by molar-refractivity contribution is -0.137. The number of aryl methyl sites for hydroxylation is 2. The van der Waals surface area contributed by atoms with E-state index in [2.05, 4.69) is 10.1 Å². The molecule has 14 heteroatoms. The van der Waals surface area contributed by atoms with E-state index in [0.717, 1.165) is 0 Å². The first-order valence-electron chi connectivity index (χ1n) is 10.4. The van der Waals surface area contributed by atoms with Crippen LogP contribution in [-0.4, -0.2) is 35.1 Å². The van der Waals surface area contributed by atoms with Gasteiger partial charge >= 0.3 is 12.4 Å². The maximum atomic E-state index is 14.3. The van der Waals surface area contributed by atoms with Crippen molar-refractivity contribution in [3.05, 3.63) is 64.2 Å². The molecule has 1 aromatic carbocycles. The smallest absolute Gasteiger partial charge is 0.432 e. The number of hydrogen-bond acceptors (Lipinski definition) is 7. The number of methoxy groups -OCH3 is 1. The number of alkyl halides is 6. The standard InChI is InChI=1S/C23H17F6N4O3P/c1-10-5-4-6-14-15(10)17-16(21(34-3)37-36-14)18(35-33-17)13(8-30)19(23(27,28)29)32-20-11(2)7-12(9-31-20)22(24,25)26/h4-9,30H,1-3H3,(H,31,32)/b19-13+,30-8?. The van der Waals surface area contributed by atoms with Crippen LogP contribution in [0.4, 0.5) is 32.2 Å². The van der Waals surface area contributed by atoms with Crippen LogP contribution in [0.2, 0.25) is 0 Å². The predicted octanol–water partition coefficient (Wildman–Crippen LogP) is 6.79. The predicted molar refractivity (Wildman–Crippen MR) is 125 cm³/mol. The van der Waals surface area contributed by atoms with Crippen LogP contribution < -0.4 is 9.84 Å². The highest BCUT2D eigenvalue weighted by Gasteiger charge is 2.40. The molecule has 37 heavy (non-hydrogen) atoms. The van der Waals surface area contributed by atoms with Gasteiger partial charge in [-0.25, -0.2) is 4.98 Å². The molecule has 2 N–H and O–H groups in total. The van der Waals surface area contributed by atoms with Crippen molar-refractivity contribution in [2.75, 3.05) is 12.4 Å². The summed E-state index contributed by atoms with van der Waals surface area (Å²) in [4.78, 5) is 3.53. The fraction of sp³-hybridized carbons (Fsp3) is 0.217. The SMILES string of the molecule is COC1=POc2cccc(C)c2-c2noc(/C(C=N)=C(/Nc3ncc(C(F)(F)F)cc3C)C(F)(F)F)c21. The highest BCUT2D eigenvalue weighted by molar-refractivity contribution is 7.36. The van der Waals surface area contributed by atoms with E-state index < -0.39 is 40.8 Å². The van der Waals surface area contributed by atoms with Crippen LogP contribution >= 0.6 is 8.43 Å². The third-order valence-electron chi connectivity index (χ3n) is 5.39. The average Bonchev–Trinajstić information content (AvgIpc) is 3.15. The molecular weight excluding hydrogens is 525 g/mol. The summed E-state index contributed by atoms with van der Waals surface area (Å²) in [5.41, 5.74) is -2.14. The van der Waals surface area contributed by atoms with Gasteiger partial charge in [-0.2, -0.15) is 26.3 Å². The van der Waals surface area contributed by atoms with Crippen molar-refractivity contribution in [1.82, 2.24) is 10.1 Å². The van der Waals surface area contributed by atoms with Crippen molar-refractivity contribution < 1.29 is 40.1 Å². The molecule has 1 aliphatic heterocycles. The summed E-state index contributed by atoms with van der Waals surface area (Å²) in [6, 6.07) is 5.81. The Labute approximate surface area is 207 Å². The summed E-state index contributed by atoms with van der Waals surface area (Å²) >= 11 is 0. The minimum Gasteiger partial charge on any atom is -0.436 e. The quantitative estimate of drug-likeness (QED) is 0.210. The van der Waals surface area contributed by atoms with Gasteiger partial charge in [0, 0.05) is 19.5 Å². The molecule has 194 valence electrons. The van der Waals surface area contributed by atoms with E-state index in [1.807, 2.05) is 5.32 Å². The number of hydrogen-bond donors (Lipinski definition) is 2. The second kappa shape index (κ2) is 9.64. The Morgan fingerprint density at radius 1 is 1.11 bits per heavy atom. The zero-order valence-corrected chi connectivity index (χ0v) is 20.2. The van der Waals surface area contributed by atoms with Crippen LogP contribution in [-0.2, 0) is 10.9 Å². The summed E-state index contributed by atoms with van der Waals surface area (Å²) in [5, 5.41) is 13.8. The highest BCUT2D eigenvalue weighted by Crippen LogP contribution is 2.44. The van der Waals surface area contributed by atoms with Crippen LogP contribution in [0.1, 0.15) is 28.0 Å². The van der Waals surface area contributed by atoms with Crippen molar-refractivity contribution >= 4 is 31.5 Å². The van der Waals surface area contributed by atoms with E-state index in [0.29, 0.717) is 35.4 Å².